The number of carbonyl (C=O) groups is 1. The van der Waals surface area contributed by atoms with Crippen molar-refractivity contribution >= 4 is 11.7 Å². The topological polar surface area (TPSA) is 47.9 Å². The summed E-state index contributed by atoms with van der Waals surface area (Å²) in [6, 6.07) is 7.19. The summed E-state index contributed by atoms with van der Waals surface area (Å²) in [5.74, 6) is -0.0167. The number of nitrogens with zero attached hydrogens (tertiary/aromatic N) is 1. The number of ether oxygens (including phenoxy) is 1. The molecule has 0 saturated heterocycles. The van der Waals surface area contributed by atoms with Crippen molar-refractivity contribution in [2.45, 2.75) is 13.8 Å². The van der Waals surface area contributed by atoms with Gasteiger partial charge in [0.25, 0.3) is 0 Å². The van der Waals surface area contributed by atoms with Gasteiger partial charge in [0.2, 0.25) is 0 Å². The average molecular weight is 207 g/mol. The highest BCUT2D eigenvalue weighted by atomic mass is 16.6. The van der Waals surface area contributed by atoms with Crippen molar-refractivity contribution in [2.75, 3.05) is 7.11 Å². The Labute approximate surface area is 88.5 Å². The van der Waals surface area contributed by atoms with Gasteiger partial charge in [-0.2, -0.15) is 0 Å². The van der Waals surface area contributed by atoms with E-state index in [4.69, 9.17) is 4.74 Å². The van der Waals surface area contributed by atoms with Crippen LogP contribution in [-0.2, 0) is 9.63 Å². The van der Waals surface area contributed by atoms with Crippen LogP contribution in [0.4, 0.5) is 0 Å². The van der Waals surface area contributed by atoms with Gasteiger partial charge in [-0.3, -0.25) is 0 Å². The Morgan fingerprint density at radius 3 is 2.40 bits per heavy atom. The van der Waals surface area contributed by atoms with E-state index in [1.54, 1.807) is 12.1 Å². The number of hydrogen-bond donors (Lipinski definition) is 0. The fraction of sp³-hybridized carbons (Fsp3) is 0.273. The van der Waals surface area contributed by atoms with Crippen LogP contribution < -0.4 is 4.74 Å². The zero-order valence-electron chi connectivity index (χ0n) is 8.98. The van der Waals surface area contributed by atoms with Crippen LogP contribution in [0.2, 0.25) is 0 Å². The average Bonchev–Trinajstić information content (AvgIpc) is 2.22. The first kappa shape index (κ1) is 11.2. The number of oxime groups is 1. The Balaban J connectivity index is 2.66. The summed E-state index contributed by atoms with van der Waals surface area (Å²) >= 11 is 0. The summed E-state index contributed by atoms with van der Waals surface area (Å²) in [5, 5.41) is 3.48. The van der Waals surface area contributed by atoms with Gasteiger partial charge >= 0.3 is 5.97 Å². The van der Waals surface area contributed by atoms with E-state index in [2.05, 4.69) is 9.99 Å². The van der Waals surface area contributed by atoms with Crippen molar-refractivity contribution in [3.63, 3.8) is 0 Å². The summed E-state index contributed by atoms with van der Waals surface area (Å²) in [6.45, 7) is 3.49. The van der Waals surface area contributed by atoms with Crippen LogP contribution in [0.25, 0.3) is 0 Å². The zero-order valence-corrected chi connectivity index (χ0v) is 8.98. The maximum absolute atomic E-state index is 11.4. The van der Waals surface area contributed by atoms with Gasteiger partial charge in [-0.15, -0.1) is 0 Å². The van der Waals surface area contributed by atoms with Crippen molar-refractivity contribution in [1.29, 1.82) is 0 Å². The molecule has 1 aromatic carbocycles. The van der Waals surface area contributed by atoms with E-state index in [9.17, 15) is 4.79 Å². The largest absolute Gasteiger partial charge is 0.422 e. The Morgan fingerprint density at radius 2 is 1.87 bits per heavy atom. The van der Waals surface area contributed by atoms with Crippen LogP contribution in [0.15, 0.2) is 29.4 Å². The van der Waals surface area contributed by atoms with E-state index in [-0.39, 0.29) is 5.71 Å². The molecule has 4 heteroatoms. The van der Waals surface area contributed by atoms with E-state index in [0.29, 0.717) is 5.75 Å². The van der Waals surface area contributed by atoms with E-state index in [0.717, 1.165) is 5.56 Å². The second-order valence-electron chi connectivity index (χ2n) is 3.06. The lowest BCUT2D eigenvalue weighted by atomic mass is 10.2. The Hall–Kier alpha value is -1.84. The normalized spacial score (nSPS) is 11.0. The van der Waals surface area contributed by atoms with Crippen molar-refractivity contribution in [1.82, 2.24) is 0 Å². The zero-order chi connectivity index (χ0) is 11.3. The summed E-state index contributed by atoms with van der Waals surface area (Å²) in [4.78, 5) is 15.8. The van der Waals surface area contributed by atoms with Gasteiger partial charge in [-0.05, 0) is 26.0 Å². The molecule has 15 heavy (non-hydrogen) atoms. The minimum absolute atomic E-state index is 0.179. The molecule has 0 unspecified atom stereocenters. The predicted octanol–water partition coefficient (Wildman–Crippen LogP) is 1.92. The molecule has 1 aromatic rings. The van der Waals surface area contributed by atoms with Gasteiger partial charge in [-0.25, -0.2) is 4.79 Å². The minimum Gasteiger partial charge on any atom is -0.422 e. The van der Waals surface area contributed by atoms with Gasteiger partial charge in [0.1, 0.15) is 12.9 Å². The molecule has 0 spiro atoms. The molecular weight excluding hydrogens is 194 g/mol. The molecule has 1 rings (SSSR count). The summed E-state index contributed by atoms with van der Waals surface area (Å²) < 4.78 is 5.03. The molecule has 0 aliphatic heterocycles. The number of carbonyl (C=O) groups excluding carboxylic acids is 1. The van der Waals surface area contributed by atoms with Crippen molar-refractivity contribution in [3.05, 3.63) is 29.8 Å². The Kier molecular flexibility index (Phi) is 3.85. The number of esters is 1. The fourth-order valence-corrected chi connectivity index (χ4v) is 0.961. The molecule has 0 saturated carbocycles. The van der Waals surface area contributed by atoms with Crippen LogP contribution >= 0.6 is 0 Å². The first-order valence-electron chi connectivity index (χ1n) is 4.50. The molecule has 80 valence electrons. The van der Waals surface area contributed by atoms with Crippen molar-refractivity contribution in [2.24, 2.45) is 5.16 Å². The third-order valence-corrected chi connectivity index (χ3v) is 1.76. The quantitative estimate of drug-likeness (QED) is 0.329. The monoisotopic (exact) mass is 207 g/mol. The van der Waals surface area contributed by atoms with Gasteiger partial charge in [0, 0.05) is 0 Å². The molecule has 4 nitrogen and oxygen atoms in total. The van der Waals surface area contributed by atoms with Gasteiger partial charge < -0.3 is 9.57 Å². The van der Waals surface area contributed by atoms with Crippen LogP contribution in [0.5, 0.6) is 5.75 Å². The van der Waals surface area contributed by atoms with E-state index in [1.807, 2.05) is 19.1 Å². The van der Waals surface area contributed by atoms with Gasteiger partial charge in [-0.1, -0.05) is 22.9 Å². The molecule has 0 fully saturated rings. The smallest absolute Gasteiger partial charge is 0.361 e. The van der Waals surface area contributed by atoms with Gasteiger partial charge in [0.05, 0.1) is 0 Å². The SMILES string of the molecule is CO/N=C(\C)C(=O)Oc1ccc(C)cc1. The highest BCUT2D eigenvalue weighted by Crippen LogP contribution is 2.11. The van der Waals surface area contributed by atoms with Crippen molar-refractivity contribution < 1.29 is 14.4 Å². The fourth-order valence-electron chi connectivity index (χ4n) is 0.961. The number of hydrogen-bond acceptors (Lipinski definition) is 4. The summed E-state index contributed by atoms with van der Waals surface area (Å²) in [7, 11) is 1.38. The molecule has 0 N–H and O–H groups in total. The lowest BCUT2D eigenvalue weighted by Gasteiger charge is -2.03. The molecule has 0 aliphatic rings. The predicted molar refractivity (Wildman–Crippen MR) is 56.9 cm³/mol. The molecule has 0 heterocycles. The van der Waals surface area contributed by atoms with Crippen molar-refractivity contribution in [3.8, 4) is 5.75 Å². The Morgan fingerprint density at radius 1 is 1.27 bits per heavy atom. The van der Waals surface area contributed by atoms with Crippen LogP contribution in [0.1, 0.15) is 12.5 Å². The molecule has 0 aromatic heterocycles. The third kappa shape index (κ3) is 3.42. The second kappa shape index (κ2) is 5.14. The maximum atomic E-state index is 11.4. The summed E-state index contributed by atoms with van der Waals surface area (Å²) in [5.41, 5.74) is 1.29. The standard InChI is InChI=1S/C11H13NO3/c1-8-4-6-10(7-5-8)15-11(13)9(2)12-14-3/h4-7H,1-3H3/b12-9+. The first-order valence-corrected chi connectivity index (χ1v) is 4.50. The van der Waals surface area contributed by atoms with E-state index >= 15 is 0 Å². The molecule has 0 amide bonds. The van der Waals surface area contributed by atoms with E-state index in [1.165, 1.54) is 14.0 Å². The first-order chi connectivity index (χ1) is 7.13. The third-order valence-electron chi connectivity index (χ3n) is 1.76. The number of aryl methyl sites for hydroxylation is 1. The lowest BCUT2D eigenvalue weighted by Crippen LogP contribution is -2.17. The van der Waals surface area contributed by atoms with Gasteiger partial charge in [0.15, 0.2) is 5.71 Å². The molecule has 0 bridgehead atoms. The number of rotatable bonds is 3. The minimum atomic E-state index is -0.513. The van der Waals surface area contributed by atoms with Crippen LogP contribution in [0, 0.1) is 6.92 Å². The Bertz CT molecular complexity index is 368. The molecule has 0 atom stereocenters. The van der Waals surface area contributed by atoms with E-state index < -0.39 is 5.97 Å². The molecule has 0 aliphatic carbocycles. The summed E-state index contributed by atoms with van der Waals surface area (Å²) in [6.07, 6.45) is 0. The van der Waals surface area contributed by atoms with Crippen LogP contribution in [-0.4, -0.2) is 18.8 Å². The number of benzene rings is 1. The molecule has 0 radical (unpaired) electrons. The maximum Gasteiger partial charge on any atom is 0.361 e. The lowest BCUT2D eigenvalue weighted by molar-refractivity contribution is -0.127. The van der Waals surface area contributed by atoms with Crippen LogP contribution in [0.3, 0.4) is 0 Å². The highest BCUT2D eigenvalue weighted by Gasteiger charge is 2.09. The molecular formula is C11H13NO3. The highest BCUT2D eigenvalue weighted by molar-refractivity contribution is 6.35. The second-order valence-corrected chi connectivity index (χ2v) is 3.06.